The van der Waals surface area contributed by atoms with Crippen molar-refractivity contribution in [2.75, 3.05) is 11.9 Å². The van der Waals surface area contributed by atoms with E-state index in [2.05, 4.69) is 17.6 Å². The van der Waals surface area contributed by atoms with Crippen LogP contribution in [0.3, 0.4) is 0 Å². The second kappa shape index (κ2) is 6.91. The number of urea groups is 1. The Kier molecular flexibility index (Phi) is 4.96. The molecule has 0 bridgehead atoms. The van der Waals surface area contributed by atoms with Gasteiger partial charge in [-0.1, -0.05) is 49.7 Å². The molecular formula is C16H21N3O. The minimum atomic E-state index is -0.203. The topological polar surface area (TPSA) is 67.1 Å². The smallest absolute Gasteiger partial charge is 0.319 e. The number of nitrogens with one attached hydrogen (secondary N) is 2. The van der Waals surface area contributed by atoms with Crippen molar-refractivity contribution in [3.63, 3.8) is 0 Å². The van der Waals surface area contributed by atoms with Crippen LogP contribution in [-0.2, 0) is 0 Å². The van der Waals surface area contributed by atoms with E-state index < -0.39 is 0 Å². The van der Waals surface area contributed by atoms with Crippen molar-refractivity contribution in [3.8, 4) is 0 Å². The average molecular weight is 271 g/mol. The summed E-state index contributed by atoms with van der Waals surface area (Å²) in [5.41, 5.74) is 6.46. The van der Waals surface area contributed by atoms with Gasteiger partial charge in [0, 0.05) is 18.0 Å². The summed E-state index contributed by atoms with van der Waals surface area (Å²) in [7, 11) is 0. The predicted octanol–water partition coefficient (Wildman–Crippen LogP) is 3.09. The highest BCUT2D eigenvalue weighted by Crippen LogP contribution is 2.22. The lowest BCUT2D eigenvalue weighted by Crippen LogP contribution is -2.42. The molecule has 2 aromatic rings. The van der Waals surface area contributed by atoms with Crippen LogP contribution in [0.15, 0.2) is 42.5 Å². The summed E-state index contributed by atoms with van der Waals surface area (Å²) in [6, 6.07) is 13.7. The largest absolute Gasteiger partial charge is 0.334 e. The van der Waals surface area contributed by atoms with Gasteiger partial charge in [0.2, 0.25) is 0 Å². The van der Waals surface area contributed by atoms with Crippen LogP contribution in [0.25, 0.3) is 10.8 Å². The number of hydrogen-bond acceptors (Lipinski definition) is 2. The van der Waals surface area contributed by atoms with Crippen LogP contribution in [0.5, 0.6) is 0 Å². The number of nitrogens with two attached hydrogens (primary N) is 1. The minimum Gasteiger partial charge on any atom is -0.334 e. The number of carbonyl (C=O) groups is 1. The van der Waals surface area contributed by atoms with Gasteiger partial charge in [0.15, 0.2) is 0 Å². The van der Waals surface area contributed by atoms with Crippen molar-refractivity contribution in [2.45, 2.75) is 25.8 Å². The first-order valence-electron chi connectivity index (χ1n) is 7.00. The molecule has 0 aliphatic heterocycles. The molecule has 0 fully saturated rings. The highest BCUT2D eigenvalue weighted by Gasteiger charge is 2.10. The van der Waals surface area contributed by atoms with Crippen molar-refractivity contribution in [1.29, 1.82) is 0 Å². The van der Waals surface area contributed by atoms with Gasteiger partial charge >= 0.3 is 6.03 Å². The molecule has 1 unspecified atom stereocenters. The van der Waals surface area contributed by atoms with Crippen LogP contribution >= 0.6 is 0 Å². The van der Waals surface area contributed by atoms with E-state index in [0.29, 0.717) is 6.54 Å². The molecule has 0 aliphatic rings. The fourth-order valence-electron chi connectivity index (χ4n) is 2.28. The zero-order valence-corrected chi connectivity index (χ0v) is 11.7. The van der Waals surface area contributed by atoms with E-state index in [-0.39, 0.29) is 12.1 Å². The molecule has 4 N–H and O–H groups in total. The quantitative estimate of drug-likeness (QED) is 0.782. The summed E-state index contributed by atoms with van der Waals surface area (Å²) in [6.07, 6.45) is 1.88. The lowest BCUT2D eigenvalue weighted by atomic mass is 10.1. The van der Waals surface area contributed by atoms with Crippen LogP contribution in [0.1, 0.15) is 19.8 Å². The highest BCUT2D eigenvalue weighted by atomic mass is 16.2. The summed E-state index contributed by atoms with van der Waals surface area (Å²) in [5.74, 6) is 0. The lowest BCUT2D eigenvalue weighted by molar-refractivity contribution is 0.248. The minimum absolute atomic E-state index is 0.0231. The standard InChI is InChI=1S/C16H21N3O/c1-2-6-13(11-17)18-16(20)19-15-10-5-8-12-7-3-4-9-14(12)15/h3-5,7-10,13H,2,6,11,17H2,1H3,(H2,18,19,20). The molecule has 0 radical (unpaired) electrons. The molecule has 0 aromatic heterocycles. The summed E-state index contributed by atoms with van der Waals surface area (Å²) in [4.78, 5) is 12.0. The van der Waals surface area contributed by atoms with E-state index in [1.807, 2.05) is 42.5 Å². The molecule has 4 heteroatoms. The Morgan fingerprint density at radius 2 is 1.95 bits per heavy atom. The first-order chi connectivity index (χ1) is 9.74. The second-order valence-electron chi connectivity index (χ2n) is 4.85. The number of carbonyl (C=O) groups excluding carboxylic acids is 1. The first kappa shape index (κ1) is 14.3. The Hall–Kier alpha value is -2.07. The van der Waals surface area contributed by atoms with Crippen molar-refractivity contribution >= 4 is 22.5 Å². The Morgan fingerprint density at radius 3 is 2.70 bits per heavy atom. The molecular weight excluding hydrogens is 250 g/mol. The molecule has 106 valence electrons. The van der Waals surface area contributed by atoms with Crippen LogP contribution in [-0.4, -0.2) is 18.6 Å². The van der Waals surface area contributed by atoms with Crippen molar-refractivity contribution in [3.05, 3.63) is 42.5 Å². The van der Waals surface area contributed by atoms with Gasteiger partial charge in [-0.05, 0) is 17.9 Å². The van der Waals surface area contributed by atoms with Gasteiger partial charge in [-0.2, -0.15) is 0 Å². The van der Waals surface area contributed by atoms with Crippen molar-refractivity contribution in [2.24, 2.45) is 5.73 Å². The van der Waals surface area contributed by atoms with E-state index in [4.69, 9.17) is 5.73 Å². The third kappa shape index (κ3) is 3.48. The molecule has 2 rings (SSSR count). The molecule has 4 nitrogen and oxygen atoms in total. The molecule has 0 saturated heterocycles. The Morgan fingerprint density at radius 1 is 1.20 bits per heavy atom. The van der Waals surface area contributed by atoms with E-state index in [1.54, 1.807) is 0 Å². The molecule has 2 aromatic carbocycles. The van der Waals surface area contributed by atoms with Crippen LogP contribution < -0.4 is 16.4 Å². The number of hydrogen-bond donors (Lipinski definition) is 3. The summed E-state index contributed by atoms with van der Waals surface area (Å²) in [6.45, 7) is 2.53. The van der Waals surface area contributed by atoms with Gasteiger partial charge < -0.3 is 16.4 Å². The summed E-state index contributed by atoms with van der Waals surface area (Å²) in [5, 5.41) is 7.95. The van der Waals surface area contributed by atoms with Gasteiger partial charge in [0.25, 0.3) is 0 Å². The molecule has 0 heterocycles. The second-order valence-corrected chi connectivity index (χ2v) is 4.85. The predicted molar refractivity (Wildman–Crippen MR) is 83.9 cm³/mol. The number of rotatable bonds is 5. The number of benzene rings is 2. The molecule has 0 saturated carbocycles. The monoisotopic (exact) mass is 271 g/mol. The van der Waals surface area contributed by atoms with Crippen LogP contribution in [0.2, 0.25) is 0 Å². The third-order valence-corrected chi connectivity index (χ3v) is 3.29. The first-order valence-corrected chi connectivity index (χ1v) is 7.00. The molecule has 20 heavy (non-hydrogen) atoms. The van der Waals surface area contributed by atoms with Gasteiger partial charge in [-0.25, -0.2) is 4.79 Å². The molecule has 0 aliphatic carbocycles. The van der Waals surface area contributed by atoms with E-state index in [1.165, 1.54) is 0 Å². The van der Waals surface area contributed by atoms with Crippen molar-refractivity contribution < 1.29 is 4.79 Å². The fourth-order valence-corrected chi connectivity index (χ4v) is 2.28. The van der Waals surface area contributed by atoms with Gasteiger partial charge in [0.1, 0.15) is 0 Å². The van der Waals surface area contributed by atoms with E-state index in [9.17, 15) is 4.79 Å². The Labute approximate surface area is 119 Å². The van der Waals surface area contributed by atoms with E-state index >= 15 is 0 Å². The normalized spacial score (nSPS) is 12.1. The zero-order chi connectivity index (χ0) is 14.4. The number of fused-ring (bicyclic) bond motifs is 1. The summed E-state index contributed by atoms with van der Waals surface area (Å²) < 4.78 is 0. The average Bonchev–Trinajstić information content (AvgIpc) is 2.47. The maximum Gasteiger partial charge on any atom is 0.319 e. The van der Waals surface area contributed by atoms with Crippen LogP contribution in [0, 0.1) is 0 Å². The van der Waals surface area contributed by atoms with Gasteiger partial charge in [-0.3, -0.25) is 0 Å². The maximum atomic E-state index is 12.0. The molecule has 1 atom stereocenters. The van der Waals surface area contributed by atoms with Gasteiger partial charge in [0.05, 0.1) is 5.69 Å². The lowest BCUT2D eigenvalue weighted by Gasteiger charge is -2.17. The zero-order valence-electron chi connectivity index (χ0n) is 11.7. The molecule has 0 spiro atoms. The SMILES string of the molecule is CCCC(CN)NC(=O)Nc1cccc2ccccc12. The fraction of sp³-hybridized carbons (Fsp3) is 0.312. The number of amides is 2. The highest BCUT2D eigenvalue weighted by molar-refractivity contribution is 6.01. The third-order valence-electron chi connectivity index (χ3n) is 3.29. The number of anilines is 1. The van der Waals surface area contributed by atoms with Gasteiger partial charge in [-0.15, -0.1) is 0 Å². The maximum absolute atomic E-state index is 12.0. The summed E-state index contributed by atoms with van der Waals surface area (Å²) >= 11 is 0. The Bertz CT molecular complexity index is 577. The Balaban J connectivity index is 2.10. The van der Waals surface area contributed by atoms with Crippen LogP contribution in [0.4, 0.5) is 10.5 Å². The van der Waals surface area contributed by atoms with E-state index in [0.717, 1.165) is 29.3 Å². The molecule has 2 amide bonds. The van der Waals surface area contributed by atoms with Crippen molar-refractivity contribution in [1.82, 2.24) is 5.32 Å².